The number of benzene rings is 1. The third kappa shape index (κ3) is 4.43. The molecule has 0 spiro atoms. The van der Waals surface area contributed by atoms with E-state index in [0.717, 1.165) is 18.8 Å². The Morgan fingerprint density at radius 3 is 2.58 bits per heavy atom. The van der Waals surface area contributed by atoms with Gasteiger partial charge in [0.05, 0.1) is 5.69 Å². The molecule has 3 heteroatoms. The first-order valence-electron chi connectivity index (χ1n) is 9.02. The van der Waals surface area contributed by atoms with Crippen molar-refractivity contribution in [1.29, 1.82) is 0 Å². The van der Waals surface area contributed by atoms with Crippen molar-refractivity contribution in [2.75, 3.05) is 20.6 Å². The average molecular weight is 323 g/mol. The van der Waals surface area contributed by atoms with Crippen molar-refractivity contribution in [3.05, 3.63) is 65.0 Å². The molecule has 3 rings (SSSR count). The second kappa shape index (κ2) is 7.91. The molecular formula is C21H29N3. The van der Waals surface area contributed by atoms with Crippen LogP contribution in [0.2, 0.25) is 0 Å². The molecule has 0 amide bonds. The van der Waals surface area contributed by atoms with Crippen LogP contribution in [0.5, 0.6) is 0 Å². The van der Waals surface area contributed by atoms with Crippen LogP contribution in [0.25, 0.3) is 0 Å². The molecule has 1 aliphatic heterocycles. The summed E-state index contributed by atoms with van der Waals surface area (Å²) in [7, 11) is 4.23. The lowest BCUT2D eigenvalue weighted by Crippen LogP contribution is -2.33. The number of aryl methyl sites for hydroxylation is 1. The van der Waals surface area contributed by atoms with E-state index in [2.05, 4.69) is 73.3 Å². The summed E-state index contributed by atoms with van der Waals surface area (Å²) < 4.78 is 0. The lowest BCUT2D eigenvalue weighted by Gasteiger charge is -2.36. The van der Waals surface area contributed by atoms with Gasteiger partial charge in [0, 0.05) is 24.8 Å². The van der Waals surface area contributed by atoms with Crippen LogP contribution < -0.4 is 0 Å². The maximum atomic E-state index is 4.69. The number of rotatable bonds is 5. The van der Waals surface area contributed by atoms with Gasteiger partial charge in [-0.2, -0.15) is 0 Å². The summed E-state index contributed by atoms with van der Waals surface area (Å²) in [6.45, 7) is 5.19. The fraction of sp³-hybridized carbons (Fsp3) is 0.476. The molecule has 0 unspecified atom stereocenters. The third-order valence-corrected chi connectivity index (χ3v) is 4.79. The van der Waals surface area contributed by atoms with Crippen LogP contribution in [-0.2, 0) is 13.1 Å². The second-order valence-corrected chi connectivity index (χ2v) is 7.23. The van der Waals surface area contributed by atoms with E-state index in [1.54, 1.807) is 0 Å². The first-order chi connectivity index (χ1) is 11.6. The molecule has 0 aliphatic carbocycles. The zero-order valence-electron chi connectivity index (χ0n) is 15.2. The number of nitrogens with zero attached hydrogens (tertiary/aromatic N) is 3. The Labute approximate surface area is 146 Å². The number of hydrogen-bond donors (Lipinski definition) is 0. The van der Waals surface area contributed by atoms with Gasteiger partial charge in [0.2, 0.25) is 0 Å². The van der Waals surface area contributed by atoms with Gasteiger partial charge in [-0.1, -0.05) is 36.8 Å². The van der Waals surface area contributed by atoms with Crippen LogP contribution in [0.1, 0.15) is 47.8 Å². The lowest BCUT2D eigenvalue weighted by molar-refractivity contribution is 0.138. The zero-order chi connectivity index (χ0) is 16.9. The van der Waals surface area contributed by atoms with Gasteiger partial charge in [-0.05, 0) is 63.7 Å². The summed E-state index contributed by atoms with van der Waals surface area (Å²) >= 11 is 0. The van der Waals surface area contributed by atoms with Crippen molar-refractivity contribution in [2.45, 2.75) is 45.3 Å². The Bertz CT molecular complexity index is 648. The molecule has 2 heterocycles. The van der Waals surface area contributed by atoms with Crippen LogP contribution in [0.4, 0.5) is 0 Å². The number of pyridine rings is 1. The van der Waals surface area contributed by atoms with E-state index in [0.29, 0.717) is 6.04 Å². The van der Waals surface area contributed by atoms with E-state index in [-0.39, 0.29) is 0 Å². The first kappa shape index (κ1) is 17.1. The zero-order valence-corrected chi connectivity index (χ0v) is 15.2. The Balaban J connectivity index is 1.74. The van der Waals surface area contributed by atoms with Gasteiger partial charge in [-0.25, -0.2) is 0 Å². The molecule has 1 aromatic heterocycles. The van der Waals surface area contributed by atoms with Gasteiger partial charge >= 0.3 is 0 Å². The van der Waals surface area contributed by atoms with E-state index in [4.69, 9.17) is 4.98 Å². The topological polar surface area (TPSA) is 19.4 Å². The van der Waals surface area contributed by atoms with Crippen molar-refractivity contribution in [3.8, 4) is 0 Å². The molecule has 2 aromatic rings. The van der Waals surface area contributed by atoms with Crippen molar-refractivity contribution < 1.29 is 0 Å². The Hall–Kier alpha value is -1.71. The summed E-state index contributed by atoms with van der Waals surface area (Å²) in [5, 5.41) is 0. The lowest BCUT2D eigenvalue weighted by atomic mass is 9.94. The van der Waals surface area contributed by atoms with E-state index in [9.17, 15) is 0 Å². The Morgan fingerprint density at radius 2 is 1.88 bits per heavy atom. The fourth-order valence-corrected chi connectivity index (χ4v) is 3.66. The molecule has 1 fully saturated rings. The molecule has 24 heavy (non-hydrogen) atoms. The van der Waals surface area contributed by atoms with Gasteiger partial charge in [0.25, 0.3) is 0 Å². The second-order valence-electron chi connectivity index (χ2n) is 7.23. The quantitative estimate of drug-likeness (QED) is 0.823. The van der Waals surface area contributed by atoms with Crippen molar-refractivity contribution in [2.24, 2.45) is 0 Å². The van der Waals surface area contributed by atoms with Gasteiger partial charge in [0.1, 0.15) is 0 Å². The number of likely N-dealkylation sites (tertiary alicyclic amines) is 1. The minimum absolute atomic E-state index is 0.523. The first-order valence-corrected chi connectivity index (χ1v) is 9.02. The van der Waals surface area contributed by atoms with Gasteiger partial charge in [-0.15, -0.1) is 0 Å². The summed E-state index contributed by atoms with van der Waals surface area (Å²) in [5.74, 6) is 0. The van der Waals surface area contributed by atoms with Gasteiger partial charge in [-0.3, -0.25) is 9.88 Å². The third-order valence-electron chi connectivity index (χ3n) is 4.79. The molecule has 0 bridgehead atoms. The van der Waals surface area contributed by atoms with Crippen LogP contribution in [-0.4, -0.2) is 35.4 Å². The molecule has 1 saturated heterocycles. The van der Waals surface area contributed by atoms with Crippen molar-refractivity contribution in [3.63, 3.8) is 0 Å². The smallest absolute Gasteiger partial charge is 0.0547 e. The average Bonchev–Trinajstić information content (AvgIpc) is 2.56. The highest BCUT2D eigenvalue weighted by molar-refractivity contribution is 5.25. The molecule has 0 saturated carbocycles. The molecular weight excluding hydrogens is 294 g/mol. The molecule has 1 atom stereocenters. The Morgan fingerprint density at radius 1 is 1.08 bits per heavy atom. The molecule has 0 N–H and O–H groups in total. The highest BCUT2D eigenvalue weighted by atomic mass is 15.2. The van der Waals surface area contributed by atoms with Gasteiger partial charge in [0.15, 0.2) is 0 Å². The summed E-state index contributed by atoms with van der Waals surface area (Å²) in [6.07, 6.45) is 3.86. The van der Waals surface area contributed by atoms with Crippen LogP contribution in [0.3, 0.4) is 0 Å². The molecule has 128 valence electrons. The van der Waals surface area contributed by atoms with E-state index < -0.39 is 0 Å². The SMILES string of the molecule is Cc1cccc(CN2CCCC[C@@H]2c2ccc(CN(C)C)cc2)n1. The minimum Gasteiger partial charge on any atom is -0.305 e. The highest BCUT2D eigenvalue weighted by Gasteiger charge is 2.24. The summed E-state index contributed by atoms with van der Waals surface area (Å²) in [6, 6.07) is 16.1. The minimum atomic E-state index is 0.523. The van der Waals surface area contributed by atoms with Crippen LogP contribution >= 0.6 is 0 Å². The van der Waals surface area contributed by atoms with Gasteiger partial charge < -0.3 is 4.90 Å². The van der Waals surface area contributed by atoms with Crippen molar-refractivity contribution >= 4 is 0 Å². The Kier molecular flexibility index (Phi) is 5.64. The van der Waals surface area contributed by atoms with E-state index >= 15 is 0 Å². The predicted molar refractivity (Wildman–Crippen MR) is 99.8 cm³/mol. The normalized spacial score (nSPS) is 18.9. The number of aromatic nitrogens is 1. The van der Waals surface area contributed by atoms with Crippen molar-refractivity contribution in [1.82, 2.24) is 14.8 Å². The monoisotopic (exact) mass is 323 g/mol. The number of hydrogen-bond acceptors (Lipinski definition) is 3. The van der Waals surface area contributed by atoms with E-state index in [1.807, 2.05) is 0 Å². The molecule has 0 radical (unpaired) electrons. The predicted octanol–water partition coefficient (Wildman–Crippen LogP) is 4.18. The summed E-state index contributed by atoms with van der Waals surface area (Å²) in [4.78, 5) is 9.51. The highest BCUT2D eigenvalue weighted by Crippen LogP contribution is 2.32. The van der Waals surface area contributed by atoms with Crippen LogP contribution in [0.15, 0.2) is 42.5 Å². The summed E-state index contributed by atoms with van der Waals surface area (Å²) in [5.41, 5.74) is 5.12. The standard InChI is InChI=1S/C21H29N3/c1-17-7-6-8-20(22-17)16-24-14-5-4-9-21(24)19-12-10-18(11-13-19)15-23(2)3/h6-8,10-13,21H,4-5,9,14-16H2,1-3H3/t21-/m1/s1. The van der Waals surface area contributed by atoms with Crippen LogP contribution in [0, 0.1) is 6.92 Å². The van der Waals surface area contributed by atoms with E-state index in [1.165, 1.54) is 42.6 Å². The molecule has 1 aromatic carbocycles. The largest absolute Gasteiger partial charge is 0.305 e. The fourth-order valence-electron chi connectivity index (χ4n) is 3.66. The molecule has 1 aliphatic rings. The molecule has 3 nitrogen and oxygen atoms in total. The maximum absolute atomic E-state index is 4.69. The maximum Gasteiger partial charge on any atom is 0.0547 e. The number of piperidine rings is 1.